The van der Waals surface area contributed by atoms with Crippen molar-refractivity contribution in [3.63, 3.8) is 0 Å². The van der Waals surface area contributed by atoms with Gasteiger partial charge in [-0.1, -0.05) is 63.2 Å². The summed E-state index contributed by atoms with van der Waals surface area (Å²) in [5, 5.41) is 2.11. The van der Waals surface area contributed by atoms with Gasteiger partial charge in [0.1, 0.15) is 11.5 Å². The molecule has 0 aliphatic heterocycles. The average molecular weight is 435 g/mol. The minimum atomic E-state index is -0.794. The molecule has 2 unspecified atom stereocenters. The van der Waals surface area contributed by atoms with Crippen LogP contribution in [0.25, 0.3) is 10.8 Å². The molecule has 2 atom stereocenters. The number of benzene rings is 3. The van der Waals surface area contributed by atoms with Crippen LogP contribution in [0.15, 0.2) is 66.7 Å². The van der Waals surface area contributed by atoms with Gasteiger partial charge in [0.2, 0.25) is 0 Å². The van der Waals surface area contributed by atoms with Crippen molar-refractivity contribution in [3.05, 3.63) is 72.3 Å². The Balaban J connectivity index is 1.49. The summed E-state index contributed by atoms with van der Waals surface area (Å²) in [7, 11) is 0. The van der Waals surface area contributed by atoms with Crippen LogP contribution < -0.4 is 20.3 Å². The second-order valence-corrected chi connectivity index (χ2v) is 8.78. The molecule has 2 N–H and O–H groups in total. The molecule has 32 heavy (non-hydrogen) atoms. The summed E-state index contributed by atoms with van der Waals surface area (Å²) < 4.78 is 11.4. The normalized spacial score (nSPS) is 13.2. The fourth-order valence-electron chi connectivity index (χ4n) is 3.12. The molecule has 0 saturated heterocycles. The van der Waals surface area contributed by atoms with Crippen molar-refractivity contribution in [2.24, 2.45) is 0 Å². The highest BCUT2D eigenvalue weighted by atomic mass is 16.5. The first kappa shape index (κ1) is 23.1. The van der Waals surface area contributed by atoms with Crippen LogP contribution in [0.3, 0.4) is 0 Å². The first-order valence-electron chi connectivity index (χ1n) is 10.7. The van der Waals surface area contributed by atoms with Crippen LogP contribution in [0.5, 0.6) is 11.5 Å². The summed E-state index contributed by atoms with van der Waals surface area (Å²) >= 11 is 0. The number of hydrazine groups is 1. The quantitative estimate of drug-likeness (QED) is 0.559. The van der Waals surface area contributed by atoms with E-state index in [0.717, 1.165) is 10.8 Å². The van der Waals surface area contributed by atoms with Crippen LogP contribution in [0, 0.1) is 0 Å². The molecule has 3 aromatic carbocycles. The topological polar surface area (TPSA) is 76.7 Å². The van der Waals surface area contributed by atoms with Crippen molar-refractivity contribution >= 4 is 22.6 Å². The molecule has 168 valence electrons. The average Bonchev–Trinajstić information content (AvgIpc) is 2.76. The summed E-state index contributed by atoms with van der Waals surface area (Å²) in [5.41, 5.74) is 6.00. The third-order valence-electron chi connectivity index (χ3n) is 5.11. The standard InChI is InChI=1S/C26H30N2O4/c1-17(31-22-14-11-21(12-15-22)26(3,4)5)24(29)27-28-25(30)18(2)32-23-13-10-19-8-6-7-9-20(19)16-23/h6-18H,1-5H3,(H,27,29)(H,28,30). The molecule has 0 fully saturated rings. The van der Waals surface area contributed by atoms with Crippen molar-refractivity contribution < 1.29 is 19.1 Å². The van der Waals surface area contributed by atoms with Crippen LogP contribution in [-0.2, 0) is 15.0 Å². The molecule has 0 aliphatic rings. The Labute approximate surface area is 188 Å². The minimum Gasteiger partial charge on any atom is -0.481 e. The van der Waals surface area contributed by atoms with Crippen LogP contribution in [0.4, 0.5) is 0 Å². The molecule has 0 bridgehead atoms. The van der Waals surface area contributed by atoms with Crippen LogP contribution >= 0.6 is 0 Å². The van der Waals surface area contributed by atoms with Crippen molar-refractivity contribution in [3.8, 4) is 11.5 Å². The molecular weight excluding hydrogens is 404 g/mol. The highest BCUT2D eigenvalue weighted by molar-refractivity contribution is 5.87. The van der Waals surface area contributed by atoms with E-state index in [2.05, 4.69) is 31.6 Å². The van der Waals surface area contributed by atoms with Gasteiger partial charge in [-0.05, 0) is 59.9 Å². The van der Waals surface area contributed by atoms with Gasteiger partial charge in [-0.25, -0.2) is 0 Å². The van der Waals surface area contributed by atoms with E-state index in [1.165, 1.54) is 5.56 Å². The number of hydrogen-bond acceptors (Lipinski definition) is 4. The summed E-state index contributed by atoms with van der Waals surface area (Å²) in [4.78, 5) is 24.6. The largest absolute Gasteiger partial charge is 0.481 e. The van der Waals surface area contributed by atoms with E-state index in [0.29, 0.717) is 11.5 Å². The maximum Gasteiger partial charge on any atom is 0.279 e. The molecule has 3 aromatic rings. The first-order chi connectivity index (χ1) is 15.1. The van der Waals surface area contributed by atoms with Gasteiger partial charge < -0.3 is 9.47 Å². The second-order valence-electron chi connectivity index (χ2n) is 8.78. The van der Waals surface area contributed by atoms with E-state index in [4.69, 9.17) is 9.47 Å². The van der Waals surface area contributed by atoms with Crippen LogP contribution in [-0.4, -0.2) is 24.0 Å². The van der Waals surface area contributed by atoms with Gasteiger partial charge in [-0.2, -0.15) is 0 Å². The molecule has 6 heteroatoms. The van der Waals surface area contributed by atoms with Gasteiger partial charge >= 0.3 is 0 Å². The number of fused-ring (bicyclic) bond motifs is 1. The number of carbonyl (C=O) groups excluding carboxylic acids is 2. The lowest BCUT2D eigenvalue weighted by molar-refractivity contribution is -0.135. The van der Waals surface area contributed by atoms with E-state index < -0.39 is 24.0 Å². The third-order valence-corrected chi connectivity index (χ3v) is 5.11. The van der Waals surface area contributed by atoms with Crippen molar-refractivity contribution in [1.29, 1.82) is 0 Å². The van der Waals surface area contributed by atoms with Gasteiger partial charge in [0.05, 0.1) is 0 Å². The van der Waals surface area contributed by atoms with Crippen LogP contribution in [0.1, 0.15) is 40.2 Å². The third kappa shape index (κ3) is 6.00. The molecule has 0 radical (unpaired) electrons. The zero-order valence-corrected chi connectivity index (χ0v) is 19.1. The second kappa shape index (κ2) is 9.73. The SMILES string of the molecule is CC(Oc1ccc(C(C)(C)C)cc1)C(=O)NNC(=O)C(C)Oc1ccc2ccccc2c1. The van der Waals surface area contributed by atoms with E-state index >= 15 is 0 Å². The Morgan fingerprint density at radius 3 is 1.78 bits per heavy atom. The lowest BCUT2D eigenvalue weighted by atomic mass is 9.87. The van der Waals surface area contributed by atoms with E-state index in [1.807, 2.05) is 66.7 Å². The maximum absolute atomic E-state index is 12.3. The molecule has 0 aromatic heterocycles. The monoisotopic (exact) mass is 434 g/mol. The smallest absolute Gasteiger partial charge is 0.279 e. The van der Waals surface area contributed by atoms with Gasteiger partial charge in [-0.15, -0.1) is 0 Å². The molecule has 0 aliphatic carbocycles. The van der Waals surface area contributed by atoms with E-state index in [1.54, 1.807) is 13.8 Å². The molecular formula is C26H30N2O4. The highest BCUT2D eigenvalue weighted by Crippen LogP contribution is 2.25. The molecule has 0 spiro atoms. The van der Waals surface area contributed by atoms with E-state index in [-0.39, 0.29) is 5.41 Å². The predicted molar refractivity (Wildman–Crippen MR) is 126 cm³/mol. The lowest BCUT2D eigenvalue weighted by Gasteiger charge is -2.20. The highest BCUT2D eigenvalue weighted by Gasteiger charge is 2.20. The summed E-state index contributed by atoms with van der Waals surface area (Å²) in [5.74, 6) is 0.234. The number of amides is 2. The number of hydrogen-bond donors (Lipinski definition) is 2. The molecule has 6 nitrogen and oxygen atoms in total. The van der Waals surface area contributed by atoms with E-state index in [9.17, 15) is 9.59 Å². The number of rotatable bonds is 6. The van der Waals surface area contributed by atoms with Crippen molar-refractivity contribution in [2.45, 2.75) is 52.2 Å². The molecule has 2 amide bonds. The molecule has 0 heterocycles. The predicted octanol–water partition coefficient (Wildman–Crippen LogP) is 4.52. The Morgan fingerprint density at radius 1 is 0.719 bits per heavy atom. The minimum absolute atomic E-state index is 0.0391. The Morgan fingerprint density at radius 2 is 1.22 bits per heavy atom. The number of ether oxygens (including phenoxy) is 2. The zero-order chi connectivity index (χ0) is 23.3. The fourth-order valence-corrected chi connectivity index (χ4v) is 3.12. The summed E-state index contributed by atoms with van der Waals surface area (Å²) in [6.07, 6.45) is -1.58. The summed E-state index contributed by atoms with van der Waals surface area (Å²) in [6.45, 7) is 9.63. The first-order valence-corrected chi connectivity index (χ1v) is 10.7. The van der Waals surface area contributed by atoms with Crippen molar-refractivity contribution in [1.82, 2.24) is 10.9 Å². The van der Waals surface area contributed by atoms with Gasteiger partial charge in [0.25, 0.3) is 11.8 Å². The lowest BCUT2D eigenvalue weighted by Crippen LogP contribution is -2.50. The number of nitrogens with one attached hydrogen (secondary N) is 2. The maximum atomic E-state index is 12.3. The fraction of sp³-hybridized carbons (Fsp3) is 0.308. The Kier molecular flexibility index (Phi) is 7.03. The van der Waals surface area contributed by atoms with Gasteiger partial charge in [0.15, 0.2) is 12.2 Å². The number of carbonyl (C=O) groups is 2. The Hall–Kier alpha value is -3.54. The Bertz CT molecular complexity index is 1090. The summed E-state index contributed by atoms with van der Waals surface area (Å²) in [6, 6.07) is 21.1. The van der Waals surface area contributed by atoms with Crippen LogP contribution in [0.2, 0.25) is 0 Å². The van der Waals surface area contributed by atoms with Gasteiger partial charge in [-0.3, -0.25) is 20.4 Å². The molecule has 3 rings (SSSR count). The molecule has 0 saturated carbocycles. The van der Waals surface area contributed by atoms with Crippen molar-refractivity contribution in [2.75, 3.05) is 0 Å². The zero-order valence-electron chi connectivity index (χ0n) is 19.1. The van der Waals surface area contributed by atoms with Gasteiger partial charge in [0, 0.05) is 0 Å².